The van der Waals surface area contributed by atoms with Crippen molar-refractivity contribution in [2.75, 3.05) is 32.7 Å². The summed E-state index contributed by atoms with van der Waals surface area (Å²) < 4.78 is 5.44. The van der Waals surface area contributed by atoms with Gasteiger partial charge in [0.25, 0.3) is 0 Å². The molecule has 0 spiro atoms. The monoisotopic (exact) mass is 264 g/mol. The third kappa shape index (κ3) is 3.45. The van der Waals surface area contributed by atoms with Crippen LogP contribution in [-0.4, -0.2) is 47.6 Å². The van der Waals surface area contributed by atoms with Crippen molar-refractivity contribution in [2.24, 2.45) is 0 Å². The highest BCUT2D eigenvalue weighted by molar-refractivity contribution is 5.24. The van der Waals surface area contributed by atoms with E-state index in [0.717, 1.165) is 32.7 Å². The molecule has 5 heteroatoms. The second-order valence-electron chi connectivity index (χ2n) is 4.86. The summed E-state index contributed by atoms with van der Waals surface area (Å²) >= 11 is 0. The summed E-state index contributed by atoms with van der Waals surface area (Å²) in [6.45, 7) is 10.5. The van der Waals surface area contributed by atoms with Crippen molar-refractivity contribution in [3.8, 4) is 5.75 Å². The van der Waals surface area contributed by atoms with E-state index in [1.54, 1.807) is 6.92 Å². The summed E-state index contributed by atoms with van der Waals surface area (Å²) in [6.07, 6.45) is 1.90. The van der Waals surface area contributed by atoms with E-state index < -0.39 is 0 Å². The molecule has 1 aliphatic heterocycles. The Morgan fingerprint density at radius 3 is 2.63 bits per heavy atom. The SMILES string of the molecule is C=CCN1CCN(Cc2oc(C)cc(=O)c2O)CC1. The summed E-state index contributed by atoms with van der Waals surface area (Å²) in [5.74, 6) is 0.629. The van der Waals surface area contributed by atoms with E-state index in [1.165, 1.54) is 6.07 Å². The molecule has 0 atom stereocenters. The normalized spacial score (nSPS) is 17.5. The molecule has 0 aromatic carbocycles. The van der Waals surface area contributed by atoms with Crippen LogP contribution >= 0.6 is 0 Å². The summed E-state index contributed by atoms with van der Waals surface area (Å²) in [7, 11) is 0. The van der Waals surface area contributed by atoms with Crippen LogP contribution < -0.4 is 5.43 Å². The standard InChI is InChI=1S/C14H20N2O3/c1-3-4-15-5-7-16(8-6-15)10-13-14(18)12(17)9-11(2)19-13/h3,9,18H,1,4-8,10H2,2H3. The van der Waals surface area contributed by atoms with Gasteiger partial charge in [-0.15, -0.1) is 6.58 Å². The molecule has 2 heterocycles. The minimum atomic E-state index is -0.371. The predicted octanol–water partition coefficient (Wildman–Crippen LogP) is 0.957. The van der Waals surface area contributed by atoms with Gasteiger partial charge in [0.2, 0.25) is 11.2 Å². The van der Waals surface area contributed by atoms with Crippen molar-refractivity contribution < 1.29 is 9.52 Å². The summed E-state index contributed by atoms with van der Waals surface area (Å²) in [5, 5.41) is 9.73. The van der Waals surface area contributed by atoms with Gasteiger partial charge in [0.05, 0.1) is 6.54 Å². The van der Waals surface area contributed by atoms with Crippen molar-refractivity contribution in [2.45, 2.75) is 13.5 Å². The lowest BCUT2D eigenvalue weighted by atomic mass is 10.2. The Morgan fingerprint density at radius 1 is 1.37 bits per heavy atom. The predicted molar refractivity (Wildman–Crippen MR) is 73.3 cm³/mol. The van der Waals surface area contributed by atoms with Crippen LogP contribution in [0.25, 0.3) is 0 Å². The van der Waals surface area contributed by atoms with Crippen LogP contribution in [0.4, 0.5) is 0 Å². The quantitative estimate of drug-likeness (QED) is 0.821. The van der Waals surface area contributed by atoms with Gasteiger partial charge in [-0.1, -0.05) is 6.08 Å². The van der Waals surface area contributed by atoms with Crippen LogP contribution in [0.3, 0.4) is 0 Å². The van der Waals surface area contributed by atoms with Gasteiger partial charge in [-0.25, -0.2) is 0 Å². The fourth-order valence-corrected chi connectivity index (χ4v) is 2.29. The molecule has 2 rings (SSSR count). The Morgan fingerprint density at radius 2 is 2.00 bits per heavy atom. The Labute approximate surface area is 112 Å². The largest absolute Gasteiger partial charge is 0.502 e. The van der Waals surface area contributed by atoms with Crippen molar-refractivity contribution in [1.82, 2.24) is 9.80 Å². The zero-order valence-corrected chi connectivity index (χ0v) is 11.3. The van der Waals surface area contributed by atoms with Gasteiger partial charge in [-0.3, -0.25) is 14.6 Å². The lowest BCUT2D eigenvalue weighted by molar-refractivity contribution is 0.127. The fraction of sp³-hybridized carbons (Fsp3) is 0.500. The molecule has 0 radical (unpaired) electrons. The topological polar surface area (TPSA) is 56.9 Å². The summed E-state index contributed by atoms with van der Waals surface area (Å²) in [5.41, 5.74) is -0.371. The van der Waals surface area contributed by atoms with E-state index in [0.29, 0.717) is 18.1 Å². The molecule has 0 saturated carbocycles. The first-order chi connectivity index (χ1) is 9.10. The summed E-state index contributed by atoms with van der Waals surface area (Å²) in [6, 6.07) is 1.31. The maximum Gasteiger partial charge on any atom is 0.227 e. The first kappa shape index (κ1) is 13.8. The number of piperazine rings is 1. The van der Waals surface area contributed by atoms with Gasteiger partial charge in [-0.2, -0.15) is 0 Å². The second-order valence-corrected chi connectivity index (χ2v) is 4.86. The van der Waals surface area contributed by atoms with Crippen molar-refractivity contribution >= 4 is 0 Å². The molecule has 1 aromatic rings. The zero-order chi connectivity index (χ0) is 13.8. The molecule has 0 amide bonds. The highest BCUT2D eigenvalue weighted by atomic mass is 16.4. The highest BCUT2D eigenvalue weighted by Gasteiger charge is 2.19. The van der Waals surface area contributed by atoms with Gasteiger partial charge >= 0.3 is 0 Å². The van der Waals surface area contributed by atoms with Crippen LogP contribution in [-0.2, 0) is 6.54 Å². The van der Waals surface area contributed by atoms with Crippen LogP contribution in [0, 0.1) is 6.92 Å². The van der Waals surface area contributed by atoms with Gasteiger partial charge < -0.3 is 9.52 Å². The Bertz CT molecular complexity index is 502. The van der Waals surface area contributed by atoms with E-state index in [9.17, 15) is 9.90 Å². The van der Waals surface area contributed by atoms with Gasteiger partial charge in [0.15, 0.2) is 5.76 Å². The molecule has 1 aliphatic rings. The number of hydrogen-bond acceptors (Lipinski definition) is 5. The Hall–Kier alpha value is -1.59. The van der Waals surface area contributed by atoms with Crippen molar-refractivity contribution in [1.29, 1.82) is 0 Å². The number of nitrogens with zero attached hydrogens (tertiary/aromatic N) is 2. The molecule has 1 saturated heterocycles. The number of rotatable bonds is 4. The molecule has 1 aromatic heterocycles. The third-order valence-corrected chi connectivity index (χ3v) is 3.34. The van der Waals surface area contributed by atoms with Gasteiger partial charge in [0, 0.05) is 38.8 Å². The molecule has 104 valence electrons. The maximum atomic E-state index is 11.5. The smallest absolute Gasteiger partial charge is 0.227 e. The third-order valence-electron chi connectivity index (χ3n) is 3.34. The Kier molecular flexibility index (Phi) is 4.39. The molecule has 0 unspecified atom stereocenters. The van der Waals surface area contributed by atoms with E-state index >= 15 is 0 Å². The molecule has 1 N–H and O–H groups in total. The van der Waals surface area contributed by atoms with Crippen LogP contribution in [0.5, 0.6) is 5.75 Å². The van der Waals surface area contributed by atoms with Gasteiger partial charge in [0.1, 0.15) is 5.76 Å². The van der Waals surface area contributed by atoms with Crippen LogP contribution in [0.2, 0.25) is 0 Å². The molecule has 5 nitrogen and oxygen atoms in total. The van der Waals surface area contributed by atoms with Gasteiger partial charge in [-0.05, 0) is 6.92 Å². The first-order valence-electron chi connectivity index (χ1n) is 6.48. The molecular formula is C14H20N2O3. The minimum absolute atomic E-state index is 0.265. The number of hydrogen-bond donors (Lipinski definition) is 1. The highest BCUT2D eigenvalue weighted by Crippen LogP contribution is 2.16. The van der Waals surface area contributed by atoms with Crippen molar-refractivity contribution in [3.63, 3.8) is 0 Å². The average Bonchev–Trinajstić information content (AvgIpc) is 2.38. The van der Waals surface area contributed by atoms with E-state index in [-0.39, 0.29) is 11.2 Å². The second kappa shape index (κ2) is 6.04. The maximum absolute atomic E-state index is 11.5. The van der Waals surface area contributed by atoms with Crippen LogP contribution in [0.15, 0.2) is 27.9 Å². The lowest BCUT2D eigenvalue weighted by Gasteiger charge is -2.33. The summed E-state index contributed by atoms with van der Waals surface area (Å²) in [4.78, 5) is 16.0. The molecule has 0 bridgehead atoms. The average molecular weight is 264 g/mol. The molecule has 19 heavy (non-hydrogen) atoms. The van der Waals surface area contributed by atoms with E-state index in [2.05, 4.69) is 16.4 Å². The van der Waals surface area contributed by atoms with Crippen LogP contribution in [0.1, 0.15) is 11.5 Å². The first-order valence-corrected chi connectivity index (χ1v) is 6.48. The van der Waals surface area contributed by atoms with E-state index in [1.807, 2.05) is 6.08 Å². The molecule has 0 aliphatic carbocycles. The molecular weight excluding hydrogens is 244 g/mol. The number of aromatic hydroxyl groups is 1. The lowest BCUT2D eigenvalue weighted by Crippen LogP contribution is -2.45. The fourth-order valence-electron chi connectivity index (χ4n) is 2.29. The van der Waals surface area contributed by atoms with E-state index in [4.69, 9.17) is 4.42 Å². The Balaban J connectivity index is 1.99. The molecule has 1 fully saturated rings. The number of aryl methyl sites for hydroxylation is 1. The zero-order valence-electron chi connectivity index (χ0n) is 11.3. The van der Waals surface area contributed by atoms with Crippen molar-refractivity contribution in [3.05, 3.63) is 40.5 Å². The minimum Gasteiger partial charge on any atom is -0.502 e.